The smallest absolute Gasteiger partial charge is 0.262 e. The number of hydrogen-bond donors (Lipinski definition) is 2. The molecule has 0 saturated carbocycles. The van der Waals surface area contributed by atoms with E-state index in [4.69, 9.17) is 28.9 Å². The Bertz CT molecular complexity index is 787. The number of anilines is 2. The van der Waals surface area contributed by atoms with Crippen LogP contribution in [0.3, 0.4) is 0 Å². The molecule has 2 rings (SSSR count). The van der Waals surface area contributed by atoms with Crippen molar-refractivity contribution in [3.8, 4) is 0 Å². The first kappa shape index (κ1) is 15.9. The molecule has 0 spiro atoms. The Kier molecular flexibility index (Phi) is 4.32. The predicted octanol–water partition coefficient (Wildman–Crippen LogP) is 3.82. The molecule has 0 heterocycles. The van der Waals surface area contributed by atoms with E-state index in [0.717, 1.165) is 0 Å². The lowest BCUT2D eigenvalue weighted by atomic mass is 10.2. The number of aryl methyl sites for hydroxylation is 1. The molecule has 0 bridgehead atoms. The van der Waals surface area contributed by atoms with Gasteiger partial charge in [-0.3, -0.25) is 4.72 Å². The number of rotatable bonds is 3. The predicted molar refractivity (Wildman–Crippen MR) is 82.8 cm³/mol. The number of nitrogens with one attached hydrogen (secondary N) is 1. The van der Waals surface area contributed by atoms with Crippen LogP contribution < -0.4 is 10.5 Å². The van der Waals surface area contributed by atoms with Crippen molar-refractivity contribution < 1.29 is 12.8 Å². The minimum absolute atomic E-state index is 0.110. The molecule has 21 heavy (non-hydrogen) atoms. The lowest BCUT2D eigenvalue weighted by molar-refractivity contribution is 0.598. The molecule has 3 N–H and O–H groups in total. The van der Waals surface area contributed by atoms with E-state index in [1.54, 1.807) is 6.92 Å². The van der Waals surface area contributed by atoms with Crippen LogP contribution in [0, 0.1) is 12.7 Å². The van der Waals surface area contributed by atoms with E-state index in [9.17, 15) is 12.8 Å². The van der Waals surface area contributed by atoms with Crippen LogP contribution in [0.1, 0.15) is 5.56 Å². The fourth-order valence-corrected chi connectivity index (χ4v) is 3.17. The van der Waals surface area contributed by atoms with E-state index in [1.165, 1.54) is 30.3 Å². The van der Waals surface area contributed by atoms with Gasteiger partial charge >= 0.3 is 0 Å². The average Bonchev–Trinajstić information content (AvgIpc) is 2.40. The highest BCUT2D eigenvalue weighted by molar-refractivity contribution is 7.92. The molecular weight excluding hydrogens is 338 g/mol. The molecule has 0 atom stereocenters. The zero-order valence-corrected chi connectivity index (χ0v) is 13.2. The van der Waals surface area contributed by atoms with Gasteiger partial charge in [0.1, 0.15) is 0 Å². The number of benzene rings is 2. The average molecular weight is 349 g/mol. The van der Waals surface area contributed by atoms with Gasteiger partial charge in [0.25, 0.3) is 10.0 Å². The van der Waals surface area contributed by atoms with Crippen LogP contribution in [0.15, 0.2) is 35.2 Å². The first-order valence-electron chi connectivity index (χ1n) is 5.75. The molecule has 112 valence electrons. The second kappa shape index (κ2) is 5.71. The number of nitrogen functional groups attached to an aromatic ring is 1. The van der Waals surface area contributed by atoms with E-state index < -0.39 is 15.8 Å². The van der Waals surface area contributed by atoms with Crippen molar-refractivity contribution in [1.82, 2.24) is 0 Å². The monoisotopic (exact) mass is 348 g/mol. The highest BCUT2D eigenvalue weighted by atomic mass is 35.5. The van der Waals surface area contributed by atoms with Crippen LogP contribution in [0.4, 0.5) is 15.8 Å². The van der Waals surface area contributed by atoms with Crippen LogP contribution in [0.25, 0.3) is 0 Å². The van der Waals surface area contributed by atoms with Gasteiger partial charge in [0.15, 0.2) is 5.82 Å². The van der Waals surface area contributed by atoms with Crippen molar-refractivity contribution in [1.29, 1.82) is 0 Å². The van der Waals surface area contributed by atoms with Crippen LogP contribution in [-0.2, 0) is 10.0 Å². The molecule has 0 unspecified atom stereocenters. The first-order valence-corrected chi connectivity index (χ1v) is 7.99. The maximum Gasteiger partial charge on any atom is 0.262 e. The normalized spacial score (nSPS) is 11.4. The fraction of sp³-hybridized carbons (Fsp3) is 0.0769. The van der Waals surface area contributed by atoms with Gasteiger partial charge < -0.3 is 5.73 Å². The van der Waals surface area contributed by atoms with Crippen molar-refractivity contribution >= 4 is 44.6 Å². The fourth-order valence-electron chi connectivity index (χ4n) is 1.70. The lowest BCUT2D eigenvalue weighted by Gasteiger charge is -2.11. The Hall–Kier alpha value is -1.50. The molecule has 8 heteroatoms. The Morgan fingerprint density at radius 1 is 1.24 bits per heavy atom. The molecule has 2 aromatic rings. The van der Waals surface area contributed by atoms with E-state index in [1.807, 2.05) is 0 Å². The Balaban J connectivity index is 2.46. The van der Waals surface area contributed by atoms with E-state index >= 15 is 0 Å². The number of hydrogen-bond acceptors (Lipinski definition) is 3. The van der Waals surface area contributed by atoms with E-state index in [-0.39, 0.29) is 26.3 Å². The van der Waals surface area contributed by atoms with Gasteiger partial charge in [0.2, 0.25) is 0 Å². The summed E-state index contributed by atoms with van der Waals surface area (Å²) in [4.78, 5) is -0.110. The summed E-state index contributed by atoms with van der Waals surface area (Å²) < 4.78 is 40.4. The van der Waals surface area contributed by atoms with Gasteiger partial charge in [-0.15, -0.1) is 0 Å². The highest BCUT2D eigenvalue weighted by Gasteiger charge is 2.19. The molecule has 0 fully saturated rings. The third kappa shape index (κ3) is 3.23. The van der Waals surface area contributed by atoms with Crippen molar-refractivity contribution in [2.75, 3.05) is 10.5 Å². The van der Waals surface area contributed by atoms with Gasteiger partial charge in [-0.05, 0) is 36.8 Å². The van der Waals surface area contributed by atoms with E-state index in [2.05, 4.69) is 4.72 Å². The van der Waals surface area contributed by atoms with Crippen LogP contribution in [0.2, 0.25) is 10.0 Å². The molecule has 0 amide bonds. The third-order valence-corrected chi connectivity index (χ3v) is 4.92. The summed E-state index contributed by atoms with van der Waals surface area (Å²) in [6, 6.07) is 6.58. The SMILES string of the molecule is Cc1cc(S(=O)(=O)Nc2cccc(Cl)c2F)cc(N)c1Cl. The molecule has 0 aliphatic carbocycles. The number of nitrogens with two attached hydrogens (primary N) is 1. The Morgan fingerprint density at radius 2 is 1.90 bits per heavy atom. The molecule has 0 aliphatic rings. The van der Waals surface area contributed by atoms with Crippen LogP contribution in [0.5, 0.6) is 0 Å². The minimum Gasteiger partial charge on any atom is -0.397 e. The highest BCUT2D eigenvalue weighted by Crippen LogP contribution is 2.29. The summed E-state index contributed by atoms with van der Waals surface area (Å²) in [7, 11) is -4.00. The number of halogens is 3. The Labute approximate surface area is 131 Å². The zero-order chi connectivity index (χ0) is 15.8. The summed E-state index contributed by atoms with van der Waals surface area (Å²) in [6.45, 7) is 1.62. The lowest BCUT2D eigenvalue weighted by Crippen LogP contribution is -2.14. The maximum atomic E-state index is 13.8. The van der Waals surface area contributed by atoms with Gasteiger partial charge in [-0.1, -0.05) is 29.3 Å². The van der Waals surface area contributed by atoms with Crippen molar-refractivity contribution in [3.63, 3.8) is 0 Å². The van der Waals surface area contributed by atoms with Crippen LogP contribution in [-0.4, -0.2) is 8.42 Å². The maximum absolute atomic E-state index is 13.8. The van der Waals surface area contributed by atoms with Gasteiger partial charge in [-0.25, -0.2) is 12.8 Å². The van der Waals surface area contributed by atoms with Crippen LogP contribution >= 0.6 is 23.2 Å². The largest absolute Gasteiger partial charge is 0.397 e. The summed E-state index contributed by atoms with van der Waals surface area (Å²) >= 11 is 11.5. The quantitative estimate of drug-likeness (QED) is 0.828. The van der Waals surface area contributed by atoms with Gasteiger partial charge in [-0.2, -0.15) is 0 Å². The summed E-state index contributed by atoms with van der Waals surface area (Å²) in [6.07, 6.45) is 0. The molecule has 0 aromatic heterocycles. The number of sulfonamides is 1. The van der Waals surface area contributed by atoms with Crippen molar-refractivity contribution in [2.24, 2.45) is 0 Å². The van der Waals surface area contributed by atoms with Crippen molar-refractivity contribution in [3.05, 3.63) is 51.8 Å². The van der Waals surface area contributed by atoms with Gasteiger partial charge in [0, 0.05) is 0 Å². The van der Waals surface area contributed by atoms with Gasteiger partial charge in [0.05, 0.1) is 26.3 Å². The molecule has 0 saturated heterocycles. The molecular formula is C13H11Cl2FN2O2S. The summed E-state index contributed by atoms with van der Waals surface area (Å²) in [5, 5.41) is 0.102. The Morgan fingerprint density at radius 3 is 2.52 bits per heavy atom. The second-order valence-electron chi connectivity index (χ2n) is 4.35. The van der Waals surface area contributed by atoms with E-state index in [0.29, 0.717) is 5.56 Å². The first-order chi connectivity index (χ1) is 9.72. The van der Waals surface area contributed by atoms with Crippen molar-refractivity contribution in [2.45, 2.75) is 11.8 Å². The second-order valence-corrected chi connectivity index (χ2v) is 6.82. The molecule has 2 aromatic carbocycles. The standard InChI is InChI=1S/C13H11Cl2FN2O2S/c1-7-5-8(6-10(17)12(7)15)21(19,20)18-11-4-2-3-9(14)13(11)16/h2-6,18H,17H2,1H3. The molecule has 0 radical (unpaired) electrons. The molecule has 4 nitrogen and oxygen atoms in total. The summed E-state index contributed by atoms with van der Waals surface area (Å²) in [5.74, 6) is -0.846. The summed E-state index contributed by atoms with van der Waals surface area (Å²) in [5.41, 5.74) is 6.04. The molecule has 0 aliphatic heterocycles. The zero-order valence-electron chi connectivity index (χ0n) is 10.8. The third-order valence-electron chi connectivity index (χ3n) is 2.76. The minimum atomic E-state index is -4.00. The topological polar surface area (TPSA) is 72.2 Å².